The minimum atomic E-state index is 0.521. The van der Waals surface area contributed by atoms with Gasteiger partial charge >= 0.3 is 0 Å². The summed E-state index contributed by atoms with van der Waals surface area (Å²) in [5.74, 6) is 1.80. The van der Waals surface area contributed by atoms with Gasteiger partial charge in [-0.25, -0.2) is 0 Å². The topological polar surface area (TPSA) is 0 Å². The Kier molecular flexibility index (Phi) is 17.8. The normalized spacial score (nSPS) is 19.9. The van der Waals surface area contributed by atoms with Crippen LogP contribution < -0.4 is 0 Å². The Morgan fingerprint density at radius 3 is 2.15 bits per heavy atom. The zero-order chi connectivity index (χ0) is 21.4. The third kappa shape index (κ3) is 9.63. The molecular weight excluding hydrogens is 324 g/mol. The van der Waals surface area contributed by atoms with Crippen LogP contribution in [0.15, 0.2) is 48.1 Å². The molecule has 158 valence electrons. The van der Waals surface area contributed by atoms with Gasteiger partial charge in [0.05, 0.1) is 0 Å². The zero-order valence-corrected chi connectivity index (χ0v) is 20.1. The van der Waals surface area contributed by atoms with Gasteiger partial charge in [-0.15, -0.1) is 6.58 Å². The molecule has 3 unspecified atom stereocenters. The van der Waals surface area contributed by atoms with Gasteiger partial charge in [-0.05, 0) is 56.4 Å². The quantitative estimate of drug-likeness (QED) is 0.263. The van der Waals surface area contributed by atoms with Gasteiger partial charge in [-0.2, -0.15) is 0 Å². The number of rotatable bonds is 10. The number of unbranched alkanes of at least 4 members (excludes halogenated alkanes) is 2. The highest BCUT2D eigenvalue weighted by Crippen LogP contribution is 2.43. The molecule has 1 aliphatic rings. The first-order chi connectivity index (χ1) is 13.0. The van der Waals surface area contributed by atoms with Crippen LogP contribution in [0.1, 0.15) is 107 Å². The van der Waals surface area contributed by atoms with E-state index < -0.39 is 0 Å². The van der Waals surface area contributed by atoms with E-state index in [-0.39, 0.29) is 0 Å². The second kappa shape index (κ2) is 17.1. The predicted molar refractivity (Wildman–Crippen MR) is 128 cm³/mol. The summed E-state index contributed by atoms with van der Waals surface area (Å²) in [5.41, 5.74) is 5.80. The van der Waals surface area contributed by atoms with Crippen molar-refractivity contribution >= 4 is 0 Å². The average Bonchev–Trinajstić information content (AvgIpc) is 2.71. The Balaban J connectivity index is 0. The van der Waals surface area contributed by atoms with E-state index in [9.17, 15) is 0 Å². The highest BCUT2D eigenvalue weighted by atomic mass is 14.3. The Labute approximate surface area is 172 Å². The molecule has 0 nitrogen and oxygen atoms in total. The van der Waals surface area contributed by atoms with Gasteiger partial charge in [0.25, 0.3) is 0 Å². The maximum absolute atomic E-state index is 4.50. The molecule has 0 N–H and O–H groups in total. The lowest BCUT2D eigenvalue weighted by Crippen LogP contribution is -2.20. The van der Waals surface area contributed by atoms with Crippen LogP contribution in [-0.2, 0) is 0 Å². The predicted octanol–water partition coefficient (Wildman–Crippen LogP) is 9.70. The van der Waals surface area contributed by atoms with E-state index in [1.807, 2.05) is 27.7 Å². The van der Waals surface area contributed by atoms with Gasteiger partial charge in [0.2, 0.25) is 0 Å². The van der Waals surface area contributed by atoms with Gasteiger partial charge in [0.15, 0.2) is 0 Å². The molecule has 0 aliphatic heterocycles. The minimum absolute atomic E-state index is 0.521. The fourth-order valence-electron chi connectivity index (χ4n) is 3.88. The minimum Gasteiger partial charge on any atom is -0.103 e. The van der Waals surface area contributed by atoms with Crippen molar-refractivity contribution < 1.29 is 0 Å². The Morgan fingerprint density at radius 1 is 1.07 bits per heavy atom. The van der Waals surface area contributed by atoms with Crippen LogP contribution in [-0.4, -0.2) is 0 Å². The molecule has 0 bridgehead atoms. The molecule has 0 aromatic rings. The Bertz CT molecular complexity index is 449. The van der Waals surface area contributed by atoms with Gasteiger partial charge < -0.3 is 0 Å². The third-order valence-corrected chi connectivity index (χ3v) is 5.74. The van der Waals surface area contributed by atoms with Crippen molar-refractivity contribution in [3.63, 3.8) is 0 Å². The van der Waals surface area contributed by atoms with E-state index in [1.165, 1.54) is 55.2 Å². The van der Waals surface area contributed by atoms with Crippen molar-refractivity contribution in [3.05, 3.63) is 48.1 Å². The van der Waals surface area contributed by atoms with E-state index in [2.05, 4.69) is 53.5 Å². The van der Waals surface area contributed by atoms with Crippen molar-refractivity contribution in [1.29, 1.82) is 0 Å². The van der Waals surface area contributed by atoms with Crippen molar-refractivity contribution in [2.45, 2.75) is 107 Å². The van der Waals surface area contributed by atoms with Crippen molar-refractivity contribution in [1.82, 2.24) is 0 Å². The Morgan fingerprint density at radius 2 is 1.67 bits per heavy atom. The molecule has 3 atom stereocenters. The standard InChI is InChI=1S/C23H38.2C2H6/c1-8-11-12-13-21(10-3)16-19(6)22-15-14-18(5)20(7)23(22)17(4)9-2;2*1-2/h10,18,21-22H,3-4,6,8-9,11-16H2,1-2,5,7H3;2*1-2H3. The molecule has 0 saturated carbocycles. The molecule has 0 fully saturated rings. The van der Waals surface area contributed by atoms with Crippen LogP contribution in [0, 0.1) is 17.8 Å². The second-order valence-corrected chi connectivity index (χ2v) is 7.44. The lowest BCUT2D eigenvalue weighted by atomic mass is 9.71. The van der Waals surface area contributed by atoms with E-state index >= 15 is 0 Å². The molecule has 0 radical (unpaired) electrons. The third-order valence-electron chi connectivity index (χ3n) is 5.74. The van der Waals surface area contributed by atoms with E-state index in [0.29, 0.717) is 17.8 Å². The van der Waals surface area contributed by atoms with Crippen molar-refractivity contribution in [2.75, 3.05) is 0 Å². The van der Waals surface area contributed by atoms with Crippen LogP contribution in [0.3, 0.4) is 0 Å². The highest BCUT2D eigenvalue weighted by Gasteiger charge is 2.28. The summed E-state index contributed by atoms with van der Waals surface area (Å²) in [6.45, 7) is 30.1. The molecule has 0 heterocycles. The van der Waals surface area contributed by atoms with Crippen molar-refractivity contribution in [3.8, 4) is 0 Å². The smallest absolute Gasteiger partial charge is 0.00479 e. The van der Waals surface area contributed by atoms with Gasteiger partial charge in [-0.3, -0.25) is 0 Å². The van der Waals surface area contributed by atoms with Crippen LogP contribution in [0.25, 0.3) is 0 Å². The van der Waals surface area contributed by atoms with Gasteiger partial charge in [0, 0.05) is 5.92 Å². The van der Waals surface area contributed by atoms with Gasteiger partial charge in [-0.1, -0.05) is 104 Å². The average molecular weight is 375 g/mol. The molecular formula is C27H50. The molecule has 27 heavy (non-hydrogen) atoms. The van der Waals surface area contributed by atoms with Crippen LogP contribution in [0.2, 0.25) is 0 Å². The van der Waals surface area contributed by atoms with Crippen LogP contribution in [0.4, 0.5) is 0 Å². The van der Waals surface area contributed by atoms with Crippen LogP contribution in [0.5, 0.6) is 0 Å². The zero-order valence-electron chi connectivity index (χ0n) is 20.1. The molecule has 1 rings (SSSR count). The summed E-state index contributed by atoms with van der Waals surface area (Å²) < 4.78 is 0. The van der Waals surface area contributed by atoms with Crippen LogP contribution >= 0.6 is 0 Å². The summed E-state index contributed by atoms with van der Waals surface area (Å²) in [5, 5.41) is 0. The first kappa shape index (κ1) is 28.2. The van der Waals surface area contributed by atoms with E-state index in [4.69, 9.17) is 0 Å². The SMILES string of the molecule is C=CC(CCCCC)CC(=C)C1CCC(C)C(C)=C1C(=C)CC.CC.CC. The number of hydrogen-bond donors (Lipinski definition) is 0. The van der Waals surface area contributed by atoms with E-state index in [1.54, 1.807) is 5.57 Å². The molecule has 1 aliphatic carbocycles. The number of allylic oxidation sites excluding steroid dienone is 5. The fraction of sp³-hybridized carbons (Fsp3) is 0.704. The molecule has 0 spiro atoms. The molecule has 0 saturated heterocycles. The fourth-order valence-corrected chi connectivity index (χ4v) is 3.88. The summed E-state index contributed by atoms with van der Waals surface area (Å²) in [6.07, 6.45) is 12.0. The lowest BCUT2D eigenvalue weighted by molar-refractivity contribution is 0.446. The monoisotopic (exact) mass is 374 g/mol. The summed E-state index contributed by atoms with van der Waals surface area (Å²) in [6, 6.07) is 0. The largest absolute Gasteiger partial charge is 0.103 e. The molecule has 0 aromatic carbocycles. The second-order valence-electron chi connectivity index (χ2n) is 7.44. The molecule has 0 amide bonds. The first-order valence-electron chi connectivity index (χ1n) is 11.6. The lowest BCUT2D eigenvalue weighted by Gasteiger charge is -2.34. The highest BCUT2D eigenvalue weighted by molar-refractivity contribution is 5.41. The summed E-state index contributed by atoms with van der Waals surface area (Å²) in [7, 11) is 0. The molecule has 0 heteroatoms. The number of hydrogen-bond acceptors (Lipinski definition) is 0. The molecule has 0 aromatic heterocycles. The summed E-state index contributed by atoms with van der Waals surface area (Å²) in [4.78, 5) is 0. The maximum atomic E-state index is 4.50. The summed E-state index contributed by atoms with van der Waals surface area (Å²) >= 11 is 0. The Hall–Kier alpha value is -1.04. The maximum Gasteiger partial charge on any atom is 0.00479 e. The first-order valence-corrected chi connectivity index (χ1v) is 11.6. The van der Waals surface area contributed by atoms with E-state index in [0.717, 1.165) is 12.8 Å². The van der Waals surface area contributed by atoms with Crippen molar-refractivity contribution in [2.24, 2.45) is 17.8 Å². The van der Waals surface area contributed by atoms with Gasteiger partial charge in [0.1, 0.15) is 0 Å².